The van der Waals surface area contributed by atoms with E-state index in [1.807, 2.05) is 36.7 Å². The van der Waals surface area contributed by atoms with E-state index in [0.717, 1.165) is 69.7 Å². The van der Waals surface area contributed by atoms with Gasteiger partial charge < -0.3 is 34.9 Å². The number of ether oxygens (including phenoxy) is 2. The van der Waals surface area contributed by atoms with Crippen molar-refractivity contribution in [2.45, 2.75) is 63.8 Å². The Balaban J connectivity index is 1.16. The number of rotatable bonds is 8. The molecule has 0 radical (unpaired) electrons. The summed E-state index contributed by atoms with van der Waals surface area (Å²) in [7, 11) is 1.61. The predicted molar refractivity (Wildman–Crippen MR) is 189 cm³/mol. The molecule has 12 heteroatoms. The van der Waals surface area contributed by atoms with E-state index in [1.165, 1.54) is 6.07 Å². The molecule has 258 valence electrons. The van der Waals surface area contributed by atoms with Crippen molar-refractivity contribution in [3.63, 3.8) is 0 Å². The van der Waals surface area contributed by atoms with Crippen LogP contribution in [0.2, 0.25) is 0 Å². The van der Waals surface area contributed by atoms with Crippen molar-refractivity contribution in [3.8, 4) is 11.6 Å². The van der Waals surface area contributed by atoms with Gasteiger partial charge in [0, 0.05) is 75.4 Å². The number of pyridine rings is 3. The van der Waals surface area contributed by atoms with Crippen LogP contribution in [0.3, 0.4) is 0 Å². The Labute approximate surface area is 285 Å². The Bertz CT molecular complexity index is 1890. The maximum Gasteiger partial charge on any atom is 0.213 e. The zero-order chi connectivity index (χ0) is 33.6. The number of nitrogen functional groups attached to an aromatic ring is 1. The molecule has 3 aromatic heterocycles. The molecule has 11 nitrogen and oxygen atoms in total. The topological polar surface area (TPSA) is 114 Å². The fraction of sp³-hybridized carbons (Fsp3) is 0.486. The Kier molecular flexibility index (Phi) is 8.53. The molecule has 4 atom stereocenters. The maximum absolute atomic E-state index is 16.3. The first-order valence-corrected chi connectivity index (χ1v) is 17.6. The molecule has 8 rings (SSSR count). The standard InChI is InChI=1S/C37H45FN8O3/c1-23-22-49-37-34-29(14-30(38)35(37)45-17-25-5-3-10-40-31(25)21-45)36(47)26(19-46(23)34)18-44(16-24-9-11-41-33(13-24)48-2)28-6-4-12-43(20-28)27-7-8-32(39)42-15-27/h7-9,11,13-15,19,23,25,28,31,40H,3-6,10,12,16-18,20-22H2,1-2H3,(H2,39,42)/t23?,25-,28+,31+/m1/s1. The average Bonchev–Trinajstić information content (AvgIpc) is 3.55. The summed E-state index contributed by atoms with van der Waals surface area (Å²) in [6, 6.07) is 9.72. The number of fused-ring (bicyclic) bond motifs is 1. The summed E-state index contributed by atoms with van der Waals surface area (Å²) >= 11 is 0. The van der Waals surface area contributed by atoms with Gasteiger partial charge in [-0.15, -0.1) is 0 Å². The number of anilines is 3. The lowest BCUT2D eigenvalue weighted by molar-refractivity contribution is 0.157. The van der Waals surface area contributed by atoms with Gasteiger partial charge in [-0.25, -0.2) is 14.4 Å². The molecular formula is C37H45FN8O3. The monoisotopic (exact) mass is 668 g/mol. The van der Waals surface area contributed by atoms with Crippen LogP contribution in [0, 0.1) is 11.7 Å². The van der Waals surface area contributed by atoms with Gasteiger partial charge >= 0.3 is 0 Å². The van der Waals surface area contributed by atoms with Crippen LogP contribution in [0.1, 0.15) is 49.8 Å². The van der Waals surface area contributed by atoms with Crippen LogP contribution in [0.25, 0.3) is 10.9 Å². The van der Waals surface area contributed by atoms with Gasteiger partial charge in [-0.1, -0.05) is 0 Å². The summed E-state index contributed by atoms with van der Waals surface area (Å²) < 4.78 is 30.2. The van der Waals surface area contributed by atoms with E-state index in [4.69, 9.17) is 15.2 Å². The molecule has 4 aromatic rings. The molecule has 3 fully saturated rings. The molecule has 0 bridgehead atoms. The SMILES string of the molecule is COc1cc(CN(Cc2cn3c4c(c(N5C[C@H]6CCCN[C@H]6C5)c(F)cc4c2=O)OCC3C)[C@H]2CCCN(c3ccc(N)nc3)C2)ccn1. The molecule has 0 saturated carbocycles. The van der Waals surface area contributed by atoms with Crippen molar-refractivity contribution in [3.05, 3.63) is 76.1 Å². The van der Waals surface area contributed by atoms with Crippen LogP contribution >= 0.6 is 0 Å². The van der Waals surface area contributed by atoms with E-state index in [-0.39, 0.29) is 17.5 Å². The lowest BCUT2D eigenvalue weighted by Crippen LogP contribution is -2.48. The second-order valence-corrected chi connectivity index (χ2v) is 14.1. The quantitative estimate of drug-likeness (QED) is 0.281. The average molecular weight is 669 g/mol. The highest BCUT2D eigenvalue weighted by atomic mass is 19.1. The molecular weight excluding hydrogens is 623 g/mol. The van der Waals surface area contributed by atoms with Crippen molar-refractivity contribution in [2.24, 2.45) is 5.92 Å². The van der Waals surface area contributed by atoms with Gasteiger partial charge in [-0.05, 0) is 74.9 Å². The molecule has 0 spiro atoms. The summed E-state index contributed by atoms with van der Waals surface area (Å²) in [6.07, 6.45) is 9.83. The number of piperidine rings is 2. The third-order valence-electron chi connectivity index (χ3n) is 10.9. The van der Waals surface area contributed by atoms with Gasteiger partial charge in [0.15, 0.2) is 17.0 Å². The highest BCUT2D eigenvalue weighted by molar-refractivity contribution is 5.92. The summed E-state index contributed by atoms with van der Waals surface area (Å²) in [6.45, 7) is 7.72. The Morgan fingerprint density at radius 3 is 2.82 bits per heavy atom. The van der Waals surface area contributed by atoms with Crippen LogP contribution in [-0.2, 0) is 13.1 Å². The number of hydrogen-bond acceptors (Lipinski definition) is 10. The first-order valence-electron chi connectivity index (χ1n) is 17.6. The lowest BCUT2D eigenvalue weighted by atomic mass is 9.94. The number of hydrogen-bond donors (Lipinski definition) is 2. The van der Waals surface area contributed by atoms with E-state index >= 15 is 4.39 Å². The van der Waals surface area contributed by atoms with Crippen LogP contribution in [0.5, 0.6) is 11.6 Å². The van der Waals surface area contributed by atoms with E-state index in [1.54, 1.807) is 13.3 Å². The summed E-state index contributed by atoms with van der Waals surface area (Å²) in [5, 5.41) is 3.99. The zero-order valence-electron chi connectivity index (χ0n) is 28.3. The molecule has 49 heavy (non-hydrogen) atoms. The van der Waals surface area contributed by atoms with Crippen molar-refractivity contribution < 1.29 is 13.9 Å². The first kappa shape index (κ1) is 31.8. The van der Waals surface area contributed by atoms with E-state index in [9.17, 15) is 4.79 Å². The third kappa shape index (κ3) is 6.05. The van der Waals surface area contributed by atoms with Gasteiger partial charge in [-0.3, -0.25) is 9.69 Å². The first-order chi connectivity index (χ1) is 23.9. The maximum atomic E-state index is 16.3. The van der Waals surface area contributed by atoms with E-state index in [2.05, 4.69) is 41.5 Å². The highest BCUT2D eigenvalue weighted by Crippen LogP contribution is 2.44. The predicted octanol–water partition coefficient (Wildman–Crippen LogP) is 4.33. The number of benzene rings is 1. The van der Waals surface area contributed by atoms with Crippen LogP contribution in [0.4, 0.5) is 21.6 Å². The van der Waals surface area contributed by atoms with Crippen LogP contribution in [-0.4, -0.2) is 78.0 Å². The van der Waals surface area contributed by atoms with Crippen molar-refractivity contribution >= 4 is 28.1 Å². The number of nitrogens with one attached hydrogen (secondary N) is 1. The molecule has 1 unspecified atom stereocenters. The minimum atomic E-state index is -0.391. The van der Waals surface area contributed by atoms with Gasteiger partial charge in [-0.2, -0.15) is 0 Å². The number of methoxy groups -OCH3 is 1. The number of aromatic nitrogens is 3. The highest BCUT2D eigenvalue weighted by Gasteiger charge is 2.38. The van der Waals surface area contributed by atoms with Crippen molar-refractivity contribution in [1.82, 2.24) is 24.8 Å². The summed E-state index contributed by atoms with van der Waals surface area (Å²) in [4.78, 5) is 29.9. The Morgan fingerprint density at radius 2 is 2.00 bits per heavy atom. The second-order valence-electron chi connectivity index (χ2n) is 14.1. The fourth-order valence-corrected chi connectivity index (χ4v) is 8.40. The zero-order valence-corrected chi connectivity index (χ0v) is 28.3. The van der Waals surface area contributed by atoms with Crippen LogP contribution in [0.15, 0.2) is 53.7 Å². The lowest BCUT2D eigenvalue weighted by Gasteiger charge is -2.40. The number of nitrogens with two attached hydrogens (primary N) is 1. The summed E-state index contributed by atoms with van der Waals surface area (Å²) in [5.41, 5.74) is 9.62. The number of halogens is 1. The smallest absolute Gasteiger partial charge is 0.213 e. The normalized spacial score (nSPS) is 23.5. The minimum Gasteiger partial charge on any atom is -0.487 e. The summed E-state index contributed by atoms with van der Waals surface area (Å²) in [5.74, 6) is 1.63. The van der Waals surface area contributed by atoms with Gasteiger partial charge in [0.1, 0.15) is 18.1 Å². The molecule has 3 N–H and O–H groups in total. The molecule has 4 aliphatic rings. The van der Waals surface area contributed by atoms with Crippen molar-refractivity contribution in [2.75, 3.05) is 62.0 Å². The van der Waals surface area contributed by atoms with E-state index < -0.39 is 5.82 Å². The van der Waals surface area contributed by atoms with Gasteiger partial charge in [0.05, 0.1) is 35.9 Å². The van der Waals surface area contributed by atoms with Gasteiger partial charge in [0.2, 0.25) is 5.88 Å². The second kappa shape index (κ2) is 13.1. The van der Waals surface area contributed by atoms with Crippen LogP contribution < -0.4 is 35.8 Å². The molecule has 0 aliphatic carbocycles. The molecule has 3 saturated heterocycles. The van der Waals surface area contributed by atoms with E-state index in [0.29, 0.717) is 71.3 Å². The molecule has 1 aromatic carbocycles. The fourth-order valence-electron chi connectivity index (χ4n) is 8.40. The molecule has 4 aliphatic heterocycles. The third-order valence-corrected chi connectivity index (χ3v) is 10.9. The Morgan fingerprint density at radius 1 is 1.10 bits per heavy atom. The number of nitrogens with zero attached hydrogens (tertiary/aromatic N) is 6. The molecule has 7 heterocycles. The minimum absolute atomic E-state index is 0.0171. The Hall–Kier alpha value is -4.42. The molecule has 0 amide bonds. The largest absolute Gasteiger partial charge is 0.487 e. The van der Waals surface area contributed by atoms with Crippen molar-refractivity contribution in [1.29, 1.82) is 0 Å². The van der Waals surface area contributed by atoms with Gasteiger partial charge in [0.25, 0.3) is 0 Å².